The molecule has 0 fully saturated rings. The number of rotatable bonds is 5. The summed E-state index contributed by atoms with van der Waals surface area (Å²) in [5.41, 5.74) is -0.0950. The van der Waals surface area contributed by atoms with Crippen molar-refractivity contribution in [2.45, 2.75) is 32.4 Å². The van der Waals surface area contributed by atoms with E-state index in [2.05, 4.69) is 5.32 Å². The molecule has 0 unspecified atom stereocenters. The lowest BCUT2D eigenvalue weighted by molar-refractivity contribution is 0.302. The monoisotopic (exact) mass is 274 g/mol. The van der Waals surface area contributed by atoms with Gasteiger partial charge >= 0.3 is 0 Å². The summed E-state index contributed by atoms with van der Waals surface area (Å²) in [6, 6.07) is 3.18. The fourth-order valence-corrected chi connectivity index (χ4v) is 2.99. The largest absolute Gasteiger partial charge is 0.447 e. The molecule has 1 N–H and O–H groups in total. The second kappa shape index (κ2) is 5.42. The van der Waals surface area contributed by atoms with Gasteiger partial charge in [-0.25, -0.2) is 8.42 Å². The van der Waals surface area contributed by atoms with Crippen LogP contribution in [0.25, 0.3) is 0 Å². The van der Waals surface area contributed by atoms with Crippen LogP contribution < -0.4 is 5.32 Å². The number of furan rings is 1. The third-order valence-electron chi connectivity index (χ3n) is 2.35. The minimum atomic E-state index is -3.53. The molecule has 0 aliphatic carbocycles. The lowest BCUT2D eigenvalue weighted by atomic mass is 9.97. The van der Waals surface area contributed by atoms with E-state index in [1.165, 1.54) is 10.4 Å². The second-order valence-corrected chi connectivity index (χ2v) is 7.55. The summed E-state index contributed by atoms with van der Waals surface area (Å²) < 4.78 is 31.1. The van der Waals surface area contributed by atoms with Crippen molar-refractivity contribution in [1.82, 2.24) is 9.62 Å². The Hall–Kier alpha value is -0.850. The molecule has 0 saturated carbocycles. The minimum Gasteiger partial charge on any atom is -0.447 e. The highest BCUT2D eigenvalue weighted by Gasteiger charge is 2.27. The summed E-state index contributed by atoms with van der Waals surface area (Å²) in [4.78, 5) is 0. The standard InChI is InChI=1S/C12H22N2O3S/c1-12(2,3)9-14(5)18(15,16)11-7-6-10(17-11)8-13-4/h6-7,13H,8-9H2,1-5H3. The maximum absolute atomic E-state index is 12.2. The predicted octanol–water partition coefficient (Wildman–Crippen LogP) is 1.67. The molecule has 18 heavy (non-hydrogen) atoms. The minimum absolute atomic E-state index is 0.000463. The van der Waals surface area contributed by atoms with Gasteiger partial charge < -0.3 is 9.73 Å². The van der Waals surface area contributed by atoms with Crippen molar-refractivity contribution in [2.75, 3.05) is 20.6 Å². The van der Waals surface area contributed by atoms with Gasteiger partial charge in [0.05, 0.1) is 6.54 Å². The third kappa shape index (κ3) is 3.83. The highest BCUT2D eigenvalue weighted by molar-refractivity contribution is 7.89. The first-order valence-corrected chi connectivity index (χ1v) is 7.30. The summed E-state index contributed by atoms with van der Waals surface area (Å²) in [6.07, 6.45) is 0. The molecule has 0 aromatic carbocycles. The van der Waals surface area contributed by atoms with E-state index in [4.69, 9.17) is 4.42 Å². The maximum Gasteiger partial charge on any atom is 0.276 e. The van der Waals surface area contributed by atoms with Crippen LogP contribution >= 0.6 is 0 Å². The molecule has 0 spiro atoms. The van der Waals surface area contributed by atoms with Gasteiger partial charge in [0.1, 0.15) is 5.76 Å². The number of hydrogen-bond acceptors (Lipinski definition) is 4. The Balaban J connectivity index is 2.91. The van der Waals surface area contributed by atoms with Gasteiger partial charge in [0.15, 0.2) is 0 Å². The van der Waals surface area contributed by atoms with Crippen LogP contribution in [0.3, 0.4) is 0 Å². The van der Waals surface area contributed by atoms with Crippen molar-refractivity contribution >= 4 is 10.0 Å². The molecule has 6 heteroatoms. The second-order valence-electron chi connectivity index (χ2n) is 5.57. The zero-order valence-corrected chi connectivity index (χ0v) is 12.5. The molecule has 1 rings (SSSR count). The number of nitrogens with zero attached hydrogens (tertiary/aromatic N) is 1. The molecule has 0 atom stereocenters. The van der Waals surface area contributed by atoms with Gasteiger partial charge in [0.25, 0.3) is 10.0 Å². The highest BCUT2D eigenvalue weighted by Crippen LogP contribution is 2.22. The van der Waals surface area contributed by atoms with Crippen LogP contribution in [0.2, 0.25) is 0 Å². The van der Waals surface area contributed by atoms with Crippen LogP contribution in [0.5, 0.6) is 0 Å². The van der Waals surface area contributed by atoms with E-state index in [1.807, 2.05) is 20.8 Å². The van der Waals surface area contributed by atoms with Crippen molar-refractivity contribution in [1.29, 1.82) is 0 Å². The van der Waals surface area contributed by atoms with Crippen molar-refractivity contribution in [3.05, 3.63) is 17.9 Å². The van der Waals surface area contributed by atoms with Gasteiger partial charge in [-0.15, -0.1) is 0 Å². The average molecular weight is 274 g/mol. The maximum atomic E-state index is 12.2. The molecule has 0 bridgehead atoms. The molecule has 0 aliphatic heterocycles. The van der Waals surface area contributed by atoms with E-state index in [0.717, 1.165) is 0 Å². The zero-order chi connectivity index (χ0) is 14.0. The van der Waals surface area contributed by atoms with Crippen LogP contribution in [0.4, 0.5) is 0 Å². The van der Waals surface area contributed by atoms with E-state index in [-0.39, 0.29) is 10.5 Å². The van der Waals surface area contributed by atoms with Crippen LogP contribution in [0.15, 0.2) is 21.6 Å². The van der Waals surface area contributed by atoms with E-state index in [0.29, 0.717) is 18.8 Å². The SMILES string of the molecule is CNCc1ccc(S(=O)(=O)N(C)CC(C)(C)C)o1. The van der Waals surface area contributed by atoms with Gasteiger partial charge in [-0.1, -0.05) is 20.8 Å². The summed E-state index contributed by atoms with van der Waals surface area (Å²) in [7, 11) is -0.180. The molecule has 1 heterocycles. The fraction of sp³-hybridized carbons (Fsp3) is 0.667. The van der Waals surface area contributed by atoms with E-state index in [1.54, 1.807) is 20.2 Å². The van der Waals surface area contributed by atoms with Crippen LogP contribution in [0.1, 0.15) is 26.5 Å². The molecule has 5 nitrogen and oxygen atoms in total. The van der Waals surface area contributed by atoms with Crippen molar-refractivity contribution in [3.8, 4) is 0 Å². The number of nitrogens with one attached hydrogen (secondary N) is 1. The Morgan fingerprint density at radius 2 is 1.94 bits per heavy atom. The quantitative estimate of drug-likeness (QED) is 0.887. The van der Waals surface area contributed by atoms with Gasteiger partial charge in [-0.2, -0.15) is 4.31 Å². The lowest BCUT2D eigenvalue weighted by Gasteiger charge is -2.25. The number of hydrogen-bond donors (Lipinski definition) is 1. The van der Waals surface area contributed by atoms with E-state index >= 15 is 0 Å². The highest BCUT2D eigenvalue weighted by atomic mass is 32.2. The Bertz CT molecular complexity index is 486. The first kappa shape index (κ1) is 15.2. The molecule has 0 aliphatic rings. The average Bonchev–Trinajstić information content (AvgIpc) is 2.64. The van der Waals surface area contributed by atoms with Crippen molar-refractivity contribution in [2.24, 2.45) is 5.41 Å². The predicted molar refractivity (Wildman–Crippen MR) is 70.7 cm³/mol. The summed E-state index contributed by atoms with van der Waals surface area (Å²) in [5.74, 6) is 0.611. The summed E-state index contributed by atoms with van der Waals surface area (Å²) in [5, 5.41) is 2.91. The van der Waals surface area contributed by atoms with Crippen LogP contribution in [0, 0.1) is 5.41 Å². The molecular weight excluding hydrogens is 252 g/mol. The molecule has 0 amide bonds. The molecular formula is C12H22N2O3S. The first-order valence-electron chi connectivity index (χ1n) is 5.86. The third-order valence-corrected chi connectivity index (χ3v) is 4.03. The van der Waals surface area contributed by atoms with E-state index < -0.39 is 10.0 Å². The summed E-state index contributed by atoms with van der Waals surface area (Å²) in [6.45, 7) is 6.94. The lowest BCUT2D eigenvalue weighted by Crippen LogP contribution is -2.34. The molecule has 1 aromatic heterocycles. The molecule has 1 aromatic rings. The number of sulfonamides is 1. The van der Waals surface area contributed by atoms with Crippen LogP contribution in [-0.4, -0.2) is 33.4 Å². The van der Waals surface area contributed by atoms with Gasteiger partial charge in [0, 0.05) is 13.6 Å². The topological polar surface area (TPSA) is 62.6 Å². The molecule has 0 radical (unpaired) electrons. The normalized spacial score (nSPS) is 13.2. The van der Waals surface area contributed by atoms with Crippen molar-refractivity contribution in [3.63, 3.8) is 0 Å². The molecule has 0 saturated heterocycles. The van der Waals surface area contributed by atoms with E-state index in [9.17, 15) is 8.42 Å². The van der Waals surface area contributed by atoms with Crippen molar-refractivity contribution < 1.29 is 12.8 Å². The summed E-state index contributed by atoms with van der Waals surface area (Å²) >= 11 is 0. The zero-order valence-electron chi connectivity index (χ0n) is 11.6. The Kier molecular flexibility index (Phi) is 4.58. The van der Waals surface area contributed by atoms with Crippen LogP contribution in [-0.2, 0) is 16.6 Å². The Labute approximate surface area is 109 Å². The van der Waals surface area contributed by atoms with Gasteiger partial charge in [-0.05, 0) is 24.6 Å². The van der Waals surface area contributed by atoms with Gasteiger partial charge in [-0.3, -0.25) is 0 Å². The Morgan fingerprint density at radius 3 is 2.44 bits per heavy atom. The fourth-order valence-electron chi connectivity index (χ4n) is 1.67. The molecule has 104 valence electrons. The first-order chi connectivity index (χ1) is 8.16. The van der Waals surface area contributed by atoms with Gasteiger partial charge in [0.2, 0.25) is 5.09 Å². The Morgan fingerprint density at radius 1 is 1.33 bits per heavy atom. The smallest absolute Gasteiger partial charge is 0.276 e.